The van der Waals surface area contributed by atoms with E-state index >= 15 is 0 Å². The fraction of sp³-hybridized carbons (Fsp3) is 0.750. The third-order valence-corrected chi connectivity index (χ3v) is 5.79. The number of nitrogens with one attached hydrogen (secondary N) is 1. The number of nitrogens with zero attached hydrogens (tertiary/aromatic N) is 1. The van der Waals surface area contributed by atoms with Crippen LogP contribution in [0.2, 0.25) is 0 Å². The number of methoxy groups -OCH3 is 1. The number of hydrogen-bond donors (Lipinski definition) is 1. The van der Waals surface area contributed by atoms with E-state index < -0.39 is 5.60 Å². The molecule has 2 heterocycles. The molecule has 1 N–H and O–H groups in total. The molecule has 0 radical (unpaired) electrons. The number of anilines is 1. The minimum Gasteiger partial charge on any atom is -0.381 e. The van der Waals surface area contributed by atoms with Gasteiger partial charge in [0.05, 0.1) is 5.69 Å². The van der Waals surface area contributed by atoms with Gasteiger partial charge in [0.2, 0.25) is 0 Å². The van der Waals surface area contributed by atoms with Crippen molar-refractivity contribution in [2.45, 2.75) is 51.6 Å². The molecule has 22 heavy (non-hydrogen) atoms. The Labute approximate surface area is 135 Å². The summed E-state index contributed by atoms with van der Waals surface area (Å²) in [4.78, 5) is 18.6. The predicted molar refractivity (Wildman–Crippen MR) is 86.3 cm³/mol. The topological polar surface area (TPSA) is 60.5 Å². The zero-order chi connectivity index (χ0) is 15.8. The minimum absolute atomic E-state index is 0.0938. The van der Waals surface area contributed by atoms with E-state index in [1.54, 1.807) is 18.4 Å². The van der Waals surface area contributed by atoms with Gasteiger partial charge >= 0.3 is 0 Å². The molecular weight excluding hydrogens is 300 g/mol. The maximum atomic E-state index is 12.6. The average Bonchev–Trinajstić information content (AvgIpc) is 2.88. The van der Waals surface area contributed by atoms with Crippen LogP contribution in [0.4, 0.5) is 5.13 Å². The van der Waals surface area contributed by atoms with Crippen LogP contribution >= 0.6 is 11.3 Å². The van der Waals surface area contributed by atoms with Crippen LogP contribution in [-0.4, -0.2) is 36.8 Å². The van der Waals surface area contributed by atoms with Crippen LogP contribution in [-0.2, 0) is 27.1 Å². The Kier molecular flexibility index (Phi) is 4.27. The summed E-state index contributed by atoms with van der Waals surface area (Å²) < 4.78 is 10.9. The number of carbonyl (C=O) groups excluding carboxylic acids is 1. The highest BCUT2D eigenvalue weighted by Gasteiger charge is 2.41. The highest BCUT2D eigenvalue weighted by molar-refractivity contribution is 7.15. The van der Waals surface area contributed by atoms with Gasteiger partial charge in [-0.3, -0.25) is 10.1 Å². The first-order valence-corrected chi connectivity index (χ1v) is 8.69. The lowest BCUT2D eigenvalue weighted by molar-refractivity contribution is -0.149. The molecule has 1 aromatic rings. The third kappa shape index (κ3) is 3.05. The van der Waals surface area contributed by atoms with Gasteiger partial charge in [0.1, 0.15) is 0 Å². The maximum absolute atomic E-state index is 12.6. The molecule has 1 fully saturated rings. The summed E-state index contributed by atoms with van der Waals surface area (Å²) in [6, 6.07) is 0. The van der Waals surface area contributed by atoms with Gasteiger partial charge in [-0.05, 0) is 24.7 Å². The van der Waals surface area contributed by atoms with E-state index in [4.69, 9.17) is 9.47 Å². The molecule has 1 amide bonds. The van der Waals surface area contributed by atoms with Crippen molar-refractivity contribution in [3.63, 3.8) is 0 Å². The summed E-state index contributed by atoms with van der Waals surface area (Å²) in [5, 5.41) is 3.68. The number of ether oxygens (including phenoxy) is 2. The first-order valence-electron chi connectivity index (χ1n) is 7.87. The van der Waals surface area contributed by atoms with Crippen molar-refractivity contribution in [3.05, 3.63) is 10.6 Å². The molecule has 1 aliphatic heterocycles. The van der Waals surface area contributed by atoms with Crippen LogP contribution in [0.15, 0.2) is 0 Å². The molecule has 122 valence electrons. The number of fused-ring (bicyclic) bond motifs is 1. The number of aromatic nitrogens is 1. The molecule has 0 atom stereocenters. The Morgan fingerprint density at radius 1 is 1.32 bits per heavy atom. The minimum atomic E-state index is -0.774. The molecule has 6 heteroatoms. The van der Waals surface area contributed by atoms with Crippen molar-refractivity contribution < 1.29 is 14.3 Å². The van der Waals surface area contributed by atoms with Crippen LogP contribution in [0, 0.1) is 5.41 Å². The van der Waals surface area contributed by atoms with Gasteiger partial charge < -0.3 is 9.47 Å². The Bertz CT molecular complexity index is 562. The molecule has 5 nitrogen and oxygen atoms in total. The monoisotopic (exact) mass is 324 g/mol. The van der Waals surface area contributed by atoms with E-state index in [1.807, 2.05) is 0 Å². The number of amides is 1. The van der Waals surface area contributed by atoms with E-state index in [2.05, 4.69) is 24.1 Å². The Morgan fingerprint density at radius 3 is 2.73 bits per heavy atom. The zero-order valence-electron chi connectivity index (χ0n) is 13.5. The summed E-state index contributed by atoms with van der Waals surface area (Å²) in [5.41, 5.74) is 0.706. The summed E-state index contributed by atoms with van der Waals surface area (Å²) in [6.45, 7) is 5.69. The van der Waals surface area contributed by atoms with Gasteiger partial charge in [-0.15, -0.1) is 11.3 Å². The van der Waals surface area contributed by atoms with E-state index in [0.29, 0.717) is 36.6 Å². The second-order valence-electron chi connectivity index (χ2n) is 6.99. The fourth-order valence-corrected chi connectivity index (χ4v) is 4.45. The van der Waals surface area contributed by atoms with Gasteiger partial charge in [-0.1, -0.05) is 13.8 Å². The predicted octanol–water partition coefficient (Wildman–Crippen LogP) is 2.79. The molecule has 2 aliphatic rings. The second kappa shape index (κ2) is 5.91. The molecule has 1 aromatic heterocycles. The molecule has 3 rings (SSSR count). The summed E-state index contributed by atoms with van der Waals surface area (Å²) >= 11 is 1.61. The molecule has 0 saturated carbocycles. The van der Waals surface area contributed by atoms with E-state index in [0.717, 1.165) is 25.0 Å². The highest BCUT2D eigenvalue weighted by atomic mass is 32.1. The quantitative estimate of drug-likeness (QED) is 0.929. The van der Waals surface area contributed by atoms with Crippen LogP contribution in [0.25, 0.3) is 0 Å². The molecule has 0 spiro atoms. The number of rotatable bonds is 3. The molecule has 0 unspecified atom stereocenters. The number of carbonyl (C=O) groups is 1. The van der Waals surface area contributed by atoms with E-state index in [-0.39, 0.29) is 5.91 Å². The second-order valence-corrected chi connectivity index (χ2v) is 8.08. The maximum Gasteiger partial charge on any atom is 0.258 e. The molecule has 0 bridgehead atoms. The lowest BCUT2D eigenvalue weighted by atomic mass is 9.79. The summed E-state index contributed by atoms with van der Waals surface area (Å²) in [7, 11) is 1.60. The number of aryl methyl sites for hydroxylation is 1. The van der Waals surface area contributed by atoms with Crippen LogP contribution < -0.4 is 5.32 Å². The normalized spacial score (nSPS) is 22.9. The fourth-order valence-electron chi connectivity index (χ4n) is 3.19. The van der Waals surface area contributed by atoms with Crippen LogP contribution in [0.5, 0.6) is 0 Å². The molecule has 1 aliphatic carbocycles. The SMILES string of the molecule is COC1(C(=O)Nc2nc3c(s2)CC(C)(C)CC3)CCOCC1. The average molecular weight is 324 g/mol. The van der Waals surface area contributed by atoms with Crippen molar-refractivity contribution in [1.82, 2.24) is 4.98 Å². The summed E-state index contributed by atoms with van der Waals surface area (Å²) in [6.07, 6.45) is 4.37. The first kappa shape index (κ1) is 15.9. The lowest BCUT2D eigenvalue weighted by Gasteiger charge is -2.33. The molecular formula is C16H24N2O3S. The van der Waals surface area contributed by atoms with Crippen molar-refractivity contribution in [1.29, 1.82) is 0 Å². The highest BCUT2D eigenvalue weighted by Crippen LogP contribution is 2.39. The van der Waals surface area contributed by atoms with Gasteiger partial charge in [0.25, 0.3) is 5.91 Å². The standard InChI is InChI=1S/C16H24N2O3S/c1-15(2)5-4-11-12(10-15)22-14(17-11)18-13(19)16(20-3)6-8-21-9-7-16/h4-10H2,1-3H3,(H,17,18,19). The van der Waals surface area contributed by atoms with Gasteiger partial charge in [0, 0.05) is 38.0 Å². The van der Waals surface area contributed by atoms with Crippen molar-refractivity contribution >= 4 is 22.4 Å². The van der Waals surface area contributed by atoms with Crippen molar-refractivity contribution in [2.24, 2.45) is 5.41 Å². The number of thiazole rings is 1. The van der Waals surface area contributed by atoms with Gasteiger partial charge in [-0.25, -0.2) is 4.98 Å². The first-order chi connectivity index (χ1) is 10.4. The number of hydrogen-bond acceptors (Lipinski definition) is 5. The molecule has 0 aromatic carbocycles. The van der Waals surface area contributed by atoms with E-state index in [9.17, 15) is 4.79 Å². The molecule has 1 saturated heterocycles. The van der Waals surface area contributed by atoms with Gasteiger partial charge in [0.15, 0.2) is 10.7 Å². The van der Waals surface area contributed by atoms with Crippen molar-refractivity contribution in [3.8, 4) is 0 Å². The van der Waals surface area contributed by atoms with Gasteiger partial charge in [-0.2, -0.15) is 0 Å². The third-order valence-electron chi connectivity index (χ3n) is 4.78. The van der Waals surface area contributed by atoms with Crippen LogP contribution in [0.3, 0.4) is 0 Å². The van der Waals surface area contributed by atoms with Crippen LogP contribution in [0.1, 0.15) is 43.7 Å². The zero-order valence-corrected chi connectivity index (χ0v) is 14.3. The largest absolute Gasteiger partial charge is 0.381 e. The smallest absolute Gasteiger partial charge is 0.258 e. The Balaban J connectivity index is 1.73. The lowest BCUT2D eigenvalue weighted by Crippen LogP contribution is -2.48. The Hall–Kier alpha value is -0.980. The summed E-state index contributed by atoms with van der Waals surface area (Å²) in [5.74, 6) is -0.0938. The van der Waals surface area contributed by atoms with E-state index in [1.165, 1.54) is 4.88 Å². The van der Waals surface area contributed by atoms with Crippen molar-refractivity contribution in [2.75, 3.05) is 25.6 Å². The Morgan fingerprint density at radius 2 is 2.05 bits per heavy atom.